The van der Waals surface area contributed by atoms with E-state index in [4.69, 9.17) is 5.11 Å². The van der Waals surface area contributed by atoms with Crippen LogP contribution in [0.1, 0.15) is 21.6 Å². The number of hydrogen-bond acceptors (Lipinski definition) is 5. The molecule has 144 valence electrons. The van der Waals surface area contributed by atoms with Gasteiger partial charge in [-0.3, -0.25) is 0 Å². The predicted octanol–water partition coefficient (Wildman–Crippen LogP) is 4.99. The molecule has 3 aromatic rings. The van der Waals surface area contributed by atoms with Gasteiger partial charge in [0, 0.05) is 23.1 Å². The van der Waals surface area contributed by atoms with Crippen molar-refractivity contribution in [3.05, 3.63) is 71.4 Å². The van der Waals surface area contributed by atoms with E-state index in [2.05, 4.69) is 20.6 Å². The van der Waals surface area contributed by atoms with Crippen molar-refractivity contribution in [1.82, 2.24) is 9.97 Å². The molecule has 0 unspecified atom stereocenters. The van der Waals surface area contributed by atoms with Crippen molar-refractivity contribution in [2.45, 2.75) is 13.1 Å². The van der Waals surface area contributed by atoms with Crippen LogP contribution in [0.25, 0.3) is 0 Å². The van der Waals surface area contributed by atoms with Crippen molar-refractivity contribution in [3.8, 4) is 0 Å². The van der Waals surface area contributed by atoms with Crippen LogP contribution in [-0.4, -0.2) is 21.0 Å². The molecular formula is C19H15F3N4O2. The number of anilines is 4. The topological polar surface area (TPSA) is 87.1 Å². The van der Waals surface area contributed by atoms with E-state index in [-0.39, 0.29) is 17.2 Å². The monoisotopic (exact) mass is 388 g/mol. The van der Waals surface area contributed by atoms with Crippen LogP contribution in [0.15, 0.2) is 54.6 Å². The molecule has 0 saturated heterocycles. The number of aryl methyl sites for hydroxylation is 1. The van der Waals surface area contributed by atoms with Crippen molar-refractivity contribution in [2.75, 3.05) is 10.6 Å². The van der Waals surface area contributed by atoms with Crippen molar-refractivity contribution in [3.63, 3.8) is 0 Å². The Labute approximate surface area is 158 Å². The van der Waals surface area contributed by atoms with E-state index >= 15 is 0 Å². The molecule has 28 heavy (non-hydrogen) atoms. The Morgan fingerprint density at radius 3 is 2.32 bits per heavy atom. The van der Waals surface area contributed by atoms with E-state index in [1.807, 2.05) is 0 Å². The Morgan fingerprint density at radius 1 is 0.964 bits per heavy atom. The van der Waals surface area contributed by atoms with Crippen LogP contribution in [0.5, 0.6) is 0 Å². The fourth-order valence-electron chi connectivity index (χ4n) is 2.47. The molecule has 6 nitrogen and oxygen atoms in total. The molecule has 3 rings (SSSR count). The number of rotatable bonds is 5. The van der Waals surface area contributed by atoms with E-state index in [1.165, 1.54) is 24.3 Å². The number of hydrogen-bond donors (Lipinski definition) is 3. The van der Waals surface area contributed by atoms with Gasteiger partial charge in [-0.1, -0.05) is 12.1 Å². The molecule has 0 aliphatic heterocycles. The summed E-state index contributed by atoms with van der Waals surface area (Å²) in [6, 6.07) is 12.5. The van der Waals surface area contributed by atoms with Gasteiger partial charge in [-0.15, -0.1) is 0 Å². The van der Waals surface area contributed by atoms with Crippen LogP contribution in [0, 0.1) is 6.92 Å². The number of nitrogens with one attached hydrogen (secondary N) is 2. The summed E-state index contributed by atoms with van der Waals surface area (Å²) in [4.78, 5) is 19.5. The van der Waals surface area contributed by atoms with Gasteiger partial charge >= 0.3 is 12.1 Å². The second-order valence-corrected chi connectivity index (χ2v) is 5.93. The number of halogens is 3. The summed E-state index contributed by atoms with van der Waals surface area (Å²) in [5, 5.41) is 14.8. The number of carboxylic acid groups (broad SMARTS) is 1. The van der Waals surface area contributed by atoms with Gasteiger partial charge in [0.05, 0.1) is 11.1 Å². The summed E-state index contributed by atoms with van der Waals surface area (Å²) < 4.78 is 38.6. The standard InChI is InChI=1S/C19H15F3N4O2/c1-11-8-16(24-14-6-2-4-12(9-14)17(27)28)26-18(23-11)25-15-7-3-5-13(10-15)19(20,21)22/h2-10H,1H3,(H,27,28)(H2,23,24,25,26). The molecule has 0 bridgehead atoms. The van der Waals surface area contributed by atoms with E-state index < -0.39 is 17.7 Å². The smallest absolute Gasteiger partial charge is 0.416 e. The summed E-state index contributed by atoms with van der Waals surface area (Å²) in [6.07, 6.45) is -4.45. The normalized spacial score (nSPS) is 11.1. The fraction of sp³-hybridized carbons (Fsp3) is 0.105. The SMILES string of the molecule is Cc1cc(Nc2cccc(C(=O)O)c2)nc(Nc2cccc(C(F)(F)F)c2)n1. The maximum atomic E-state index is 12.9. The summed E-state index contributed by atoms with van der Waals surface area (Å²) in [5.74, 6) is -0.588. The number of aromatic nitrogens is 2. The van der Waals surface area contributed by atoms with Gasteiger partial charge in [0.15, 0.2) is 0 Å². The Hall–Kier alpha value is -3.62. The Bertz CT molecular complexity index is 1020. The lowest BCUT2D eigenvalue weighted by molar-refractivity contribution is -0.137. The minimum atomic E-state index is -4.45. The van der Waals surface area contributed by atoms with Crippen LogP contribution in [0.3, 0.4) is 0 Å². The number of carboxylic acids is 1. The molecule has 0 radical (unpaired) electrons. The highest BCUT2D eigenvalue weighted by Crippen LogP contribution is 2.31. The van der Waals surface area contributed by atoms with E-state index in [0.29, 0.717) is 17.2 Å². The molecule has 9 heteroatoms. The highest BCUT2D eigenvalue weighted by molar-refractivity contribution is 5.89. The van der Waals surface area contributed by atoms with Crippen LogP contribution in [0.4, 0.5) is 36.3 Å². The van der Waals surface area contributed by atoms with Gasteiger partial charge in [0.1, 0.15) is 5.82 Å². The zero-order chi connectivity index (χ0) is 20.3. The van der Waals surface area contributed by atoms with E-state index in [9.17, 15) is 18.0 Å². The third-order valence-corrected chi connectivity index (χ3v) is 3.68. The second-order valence-electron chi connectivity index (χ2n) is 5.93. The number of aromatic carboxylic acids is 1. The van der Waals surface area contributed by atoms with Crippen LogP contribution < -0.4 is 10.6 Å². The molecule has 0 fully saturated rings. The van der Waals surface area contributed by atoms with Crippen molar-refractivity contribution >= 4 is 29.1 Å². The van der Waals surface area contributed by atoms with Crippen molar-refractivity contribution in [2.24, 2.45) is 0 Å². The molecule has 0 amide bonds. The first-order valence-corrected chi connectivity index (χ1v) is 8.11. The summed E-state index contributed by atoms with van der Waals surface area (Å²) in [7, 11) is 0. The molecule has 0 aliphatic carbocycles. The van der Waals surface area contributed by atoms with Gasteiger partial charge < -0.3 is 15.7 Å². The second kappa shape index (κ2) is 7.55. The lowest BCUT2D eigenvalue weighted by atomic mass is 10.2. The lowest BCUT2D eigenvalue weighted by Crippen LogP contribution is -2.06. The van der Waals surface area contributed by atoms with Crippen molar-refractivity contribution < 1.29 is 23.1 Å². The zero-order valence-electron chi connectivity index (χ0n) is 14.6. The fourth-order valence-corrected chi connectivity index (χ4v) is 2.47. The third-order valence-electron chi connectivity index (χ3n) is 3.68. The van der Waals surface area contributed by atoms with E-state index in [1.54, 1.807) is 25.1 Å². The lowest BCUT2D eigenvalue weighted by Gasteiger charge is -2.12. The zero-order valence-corrected chi connectivity index (χ0v) is 14.6. The first kappa shape index (κ1) is 19.2. The van der Waals surface area contributed by atoms with Crippen LogP contribution >= 0.6 is 0 Å². The van der Waals surface area contributed by atoms with Crippen LogP contribution in [-0.2, 0) is 6.18 Å². The number of benzene rings is 2. The maximum Gasteiger partial charge on any atom is 0.416 e. The highest BCUT2D eigenvalue weighted by atomic mass is 19.4. The molecule has 0 aliphatic rings. The average Bonchev–Trinajstić information content (AvgIpc) is 2.61. The summed E-state index contributed by atoms with van der Waals surface area (Å²) in [5.41, 5.74) is 0.593. The maximum absolute atomic E-state index is 12.9. The Balaban J connectivity index is 1.84. The van der Waals surface area contributed by atoms with Crippen molar-refractivity contribution in [1.29, 1.82) is 0 Å². The molecule has 0 spiro atoms. The molecule has 3 N–H and O–H groups in total. The summed E-state index contributed by atoms with van der Waals surface area (Å²) >= 11 is 0. The number of alkyl halides is 3. The molecule has 0 saturated carbocycles. The molecule has 0 atom stereocenters. The molecule has 2 aromatic carbocycles. The van der Waals surface area contributed by atoms with Gasteiger partial charge in [0.2, 0.25) is 5.95 Å². The van der Waals surface area contributed by atoms with E-state index in [0.717, 1.165) is 12.1 Å². The number of carbonyl (C=O) groups is 1. The Kier molecular flexibility index (Phi) is 5.16. The quantitative estimate of drug-likeness (QED) is 0.571. The van der Waals surface area contributed by atoms with Gasteiger partial charge in [-0.05, 0) is 43.3 Å². The highest BCUT2D eigenvalue weighted by Gasteiger charge is 2.30. The third kappa shape index (κ3) is 4.76. The Morgan fingerprint density at radius 2 is 1.64 bits per heavy atom. The van der Waals surface area contributed by atoms with Gasteiger partial charge in [-0.2, -0.15) is 18.2 Å². The first-order valence-electron chi connectivity index (χ1n) is 8.11. The first-order chi connectivity index (χ1) is 13.2. The van der Waals surface area contributed by atoms with Crippen LogP contribution in [0.2, 0.25) is 0 Å². The minimum Gasteiger partial charge on any atom is -0.478 e. The molecular weight excluding hydrogens is 373 g/mol. The largest absolute Gasteiger partial charge is 0.478 e. The molecule has 1 heterocycles. The average molecular weight is 388 g/mol. The van der Waals surface area contributed by atoms with Gasteiger partial charge in [-0.25, -0.2) is 9.78 Å². The minimum absolute atomic E-state index is 0.108. The van der Waals surface area contributed by atoms with Gasteiger partial charge in [0.25, 0.3) is 0 Å². The summed E-state index contributed by atoms with van der Waals surface area (Å²) in [6.45, 7) is 1.71. The molecule has 1 aromatic heterocycles. The number of nitrogens with zero attached hydrogens (tertiary/aromatic N) is 2. The predicted molar refractivity (Wildman–Crippen MR) is 98.2 cm³/mol.